The van der Waals surface area contributed by atoms with E-state index in [0.29, 0.717) is 22.5 Å². The molecule has 0 atom stereocenters. The predicted molar refractivity (Wildman–Crippen MR) is 138 cm³/mol. The van der Waals surface area contributed by atoms with Crippen LogP contribution in [-0.4, -0.2) is 25.2 Å². The van der Waals surface area contributed by atoms with Crippen LogP contribution >= 0.6 is 0 Å². The Morgan fingerprint density at radius 2 is 1.77 bits per heavy atom. The number of ether oxygens (including phenoxy) is 1. The van der Waals surface area contributed by atoms with Gasteiger partial charge in [-0.1, -0.05) is 0 Å². The lowest BCUT2D eigenvalue weighted by atomic mass is 10.1. The summed E-state index contributed by atoms with van der Waals surface area (Å²) < 4.78 is 51.4. The summed E-state index contributed by atoms with van der Waals surface area (Å²) in [5.74, 6) is -3.55. The van der Waals surface area contributed by atoms with E-state index in [2.05, 4.69) is 15.4 Å². The minimum atomic E-state index is -0.978. The van der Waals surface area contributed by atoms with E-state index in [4.69, 9.17) is 4.74 Å². The summed E-state index contributed by atoms with van der Waals surface area (Å²) in [5.41, 5.74) is 0.420. The summed E-state index contributed by atoms with van der Waals surface area (Å²) >= 11 is 0. The number of aromatic nitrogens is 4. The number of rotatable bonds is 6. The Morgan fingerprint density at radius 1 is 1.00 bits per heavy atom. The van der Waals surface area contributed by atoms with Crippen molar-refractivity contribution < 1.29 is 22.7 Å². The second-order valence-electron chi connectivity index (χ2n) is 8.62. The van der Waals surface area contributed by atoms with Crippen LogP contribution in [-0.2, 0) is 7.05 Å². The van der Waals surface area contributed by atoms with Crippen molar-refractivity contribution in [2.45, 2.75) is 6.92 Å². The van der Waals surface area contributed by atoms with Crippen molar-refractivity contribution in [1.82, 2.24) is 19.3 Å². The van der Waals surface area contributed by atoms with Gasteiger partial charge in [-0.05, 0) is 48.9 Å². The number of hydrogen-bond acceptors (Lipinski definition) is 5. The maximum absolute atomic E-state index is 14.9. The molecular weight excluding hydrogens is 511 g/mol. The third-order valence-electron chi connectivity index (χ3n) is 5.86. The summed E-state index contributed by atoms with van der Waals surface area (Å²) in [4.78, 5) is 30.3. The van der Waals surface area contributed by atoms with Crippen molar-refractivity contribution in [3.8, 4) is 28.4 Å². The first-order chi connectivity index (χ1) is 18.7. The van der Waals surface area contributed by atoms with Crippen LogP contribution < -0.4 is 15.6 Å². The van der Waals surface area contributed by atoms with Gasteiger partial charge in [0.25, 0.3) is 11.5 Å². The van der Waals surface area contributed by atoms with Crippen LogP contribution in [0.15, 0.2) is 84.2 Å². The van der Waals surface area contributed by atoms with E-state index in [0.717, 1.165) is 16.7 Å². The van der Waals surface area contributed by atoms with E-state index >= 15 is 0 Å². The van der Waals surface area contributed by atoms with Crippen LogP contribution in [0.5, 0.6) is 11.5 Å². The average molecular weight is 531 g/mol. The topological polar surface area (TPSA) is 91.0 Å². The van der Waals surface area contributed by atoms with Crippen molar-refractivity contribution in [3.05, 3.63) is 118 Å². The molecule has 5 aromatic rings. The minimum Gasteiger partial charge on any atom is -0.454 e. The Balaban J connectivity index is 1.39. The van der Waals surface area contributed by atoms with E-state index in [-0.39, 0.29) is 11.3 Å². The van der Waals surface area contributed by atoms with Crippen LogP contribution in [0.25, 0.3) is 16.9 Å². The zero-order chi connectivity index (χ0) is 27.7. The lowest BCUT2D eigenvalue weighted by molar-refractivity contribution is 0.102. The zero-order valence-electron chi connectivity index (χ0n) is 20.7. The second kappa shape index (κ2) is 10.3. The molecule has 8 nitrogen and oxygen atoms in total. The molecule has 3 aromatic heterocycles. The lowest BCUT2D eigenvalue weighted by Gasteiger charge is -2.13. The third kappa shape index (κ3) is 5.28. The Bertz CT molecular complexity index is 1760. The minimum absolute atomic E-state index is 0.209. The van der Waals surface area contributed by atoms with E-state index < -0.39 is 40.4 Å². The van der Waals surface area contributed by atoms with E-state index in [1.54, 1.807) is 30.2 Å². The molecule has 39 heavy (non-hydrogen) atoms. The Labute approximate surface area is 219 Å². The largest absolute Gasteiger partial charge is 0.454 e. The molecule has 5 rings (SSSR count). The number of nitrogens with one attached hydrogen (secondary N) is 1. The highest BCUT2D eigenvalue weighted by Gasteiger charge is 2.20. The van der Waals surface area contributed by atoms with Gasteiger partial charge in [0.2, 0.25) is 0 Å². The first kappa shape index (κ1) is 25.5. The molecule has 196 valence electrons. The molecule has 0 radical (unpaired) electrons. The molecule has 2 aromatic carbocycles. The Hall–Kier alpha value is -5.19. The average Bonchev–Trinajstić information content (AvgIpc) is 3.34. The molecule has 0 aliphatic heterocycles. The quantitative estimate of drug-likeness (QED) is 0.317. The molecule has 0 bridgehead atoms. The number of aryl methyl sites for hydroxylation is 2. The molecule has 0 aliphatic carbocycles. The maximum atomic E-state index is 14.9. The van der Waals surface area contributed by atoms with Gasteiger partial charge < -0.3 is 10.1 Å². The van der Waals surface area contributed by atoms with Crippen molar-refractivity contribution in [3.63, 3.8) is 0 Å². The monoisotopic (exact) mass is 531 g/mol. The molecule has 1 amide bonds. The number of benzene rings is 2. The van der Waals surface area contributed by atoms with Gasteiger partial charge in [-0.25, -0.2) is 13.2 Å². The Kier molecular flexibility index (Phi) is 6.72. The molecular formula is C28H20F3N5O3. The smallest absolute Gasteiger partial charge is 0.268 e. The number of amides is 1. The van der Waals surface area contributed by atoms with Gasteiger partial charge >= 0.3 is 0 Å². The van der Waals surface area contributed by atoms with Crippen molar-refractivity contribution in [2.24, 2.45) is 7.05 Å². The third-order valence-corrected chi connectivity index (χ3v) is 5.86. The van der Waals surface area contributed by atoms with E-state index in [1.807, 2.05) is 0 Å². The second-order valence-corrected chi connectivity index (χ2v) is 8.62. The highest BCUT2D eigenvalue weighted by atomic mass is 19.1. The number of nitrogens with zero attached hydrogens (tertiary/aromatic N) is 4. The highest BCUT2D eigenvalue weighted by Crippen LogP contribution is 2.31. The fourth-order valence-corrected chi connectivity index (χ4v) is 3.91. The van der Waals surface area contributed by atoms with Gasteiger partial charge in [0.15, 0.2) is 17.4 Å². The fourth-order valence-electron chi connectivity index (χ4n) is 3.91. The van der Waals surface area contributed by atoms with Crippen molar-refractivity contribution in [2.75, 3.05) is 5.32 Å². The van der Waals surface area contributed by atoms with Gasteiger partial charge in [0.05, 0.1) is 17.6 Å². The molecule has 0 spiro atoms. The van der Waals surface area contributed by atoms with Gasteiger partial charge in [-0.3, -0.25) is 23.8 Å². The van der Waals surface area contributed by atoms with E-state index in [9.17, 15) is 22.8 Å². The standard InChI is InChI=1S/C28H20F3N5O3/c1-16-8-10-36(19-5-3-18(29)4-6-19)28(38)26(16)27(37)34-24-12-22(31)25(13-21(24)30)39-20-7-9-32-23(11-20)17-14-33-35(2)15-17/h3-15H,1-2H3,(H,34,37). The number of carbonyl (C=O) groups is 1. The predicted octanol–water partition coefficient (Wildman–Crippen LogP) is 5.40. The zero-order valence-corrected chi connectivity index (χ0v) is 20.7. The molecule has 1 N–H and O–H groups in total. The van der Waals surface area contributed by atoms with E-state index in [1.165, 1.54) is 55.7 Å². The molecule has 11 heteroatoms. The SMILES string of the molecule is Cc1ccn(-c2ccc(F)cc2)c(=O)c1C(=O)Nc1cc(F)c(Oc2ccnc(-c3cnn(C)c3)c2)cc1F. The first-order valence-electron chi connectivity index (χ1n) is 11.6. The molecule has 3 heterocycles. The van der Waals surface area contributed by atoms with Gasteiger partial charge in [-0.15, -0.1) is 0 Å². The van der Waals surface area contributed by atoms with Crippen LogP contribution in [0.1, 0.15) is 15.9 Å². The van der Waals surface area contributed by atoms with Crippen LogP contribution in [0.4, 0.5) is 18.9 Å². The van der Waals surface area contributed by atoms with Crippen LogP contribution in [0.2, 0.25) is 0 Å². The summed E-state index contributed by atoms with van der Waals surface area (Å²) in [6.07, 6.45) is 6.24. The number of pyridine rings is 2. The molecule has 0 unspecified atom stereocenters. The summed E-state index contributed by atoms with van der Waals surface area (Å²) in [7, 11) is 1.75. The number of anilines is 1. The van der Waals surface area contributed by atoms with Gasteiger partial charge in [0, 0.05) is 55.1 Å². The summed E-state index contributed by atoms with van der Waals surface area (Å²) in [6.45, 7) is 1.54. The lowest BCUT2D eigenvalue weighted by Crippen LogP contribution is -2.29. The Morgan fingerprint density at radius 3 is 2.49 bits per heavy atom. The molecule has 0 fully saturated rings. The van der Waals surface area contributed by atoms with Crippen molar-refractivity contribution >= 4 is 11.6 Å². The number of carbonyl (C=O) groups excluding carboxylic acids is 1. The maximum Gasteiger partial charge on any atom is 0.268 e. The van der Waals surface area contributed by atoms with Gasteiger partial charge in [0.1, 0.15) is 17.1 Å². The summed E-state index contributed by atoms with van der Waals surface area (Å²) in [6, 6.07) is 11.2. The summed E-state index contributed by atoms with van der Waals surface area (Å²) in [5, 5.41) is 6.34. The van der Waals surface area contributed by atoms with Crippen LogP contribution in [0.3, 0.4) is 0 Å². The number of hydrogen-bond donors (Lipinski definition) is 1. The normalized spacial score (nSPS) is 10.9. The molecule has 0 saturated heterocycles. The van der Waals surface area contributed by atoms with Gasteiger partial charge in [-0.2, -0.15) is 5.10 Å². The fraction of sp³-hybridized carbons (Fsp3) is 0.0714. The number of halogens is 3. The first-order valence-corrected chi connectivity index (χ1v) is 11.6. The van der Waals surface area contributed by atoms with Crippen molar-refractivity contribution in [1.29, 1.82) is 0 Å². The molecule has 0 aliphatic rings. The molecule has 0 saturated carbocycles. The van der Waals surface area contributed by atoms with Crippen LogP contribution in [0, 0.1) is 24.4 Å². The highest BCUT2D eigenvalue weighted by molar-refractivity contribution is 6.05.